The number of carbonyl (C=O) groups excluding carboxylic acids is 1. The Labute approximate surface area is 294 Å². The lowest BCUT2D eigenvalue weighted by atomic mass is 9.33. The van der Waals surface area contributed by atoms with Gasteiger partial charge in [0.25, 0.3) is 0 Å². The molecule has 0 bridgehead atoms. The molecule has 4 saturated carbocycles. The van der Waals surface area contributed by atoms with Crippen LogP contribution in [0.15, 0.2) is 72.0 Å². The highest BCUT2D eigenvalue weighted by molar-refractivity contribution is 5.88. The third kappa shape index (κ3) is 5.47. The topological polar surface area (TPSA) is 105 Å². The molecule has 6 rings (SSSR count). The highest BCUT2D eigenvalue weighted by atomic mass is 16.4. The smallest absolute Gasteiger partial charge is 0.335 e. The van der Waals surface area contributed by atoms with Gasteiger partial charge in [-0.05, 0) is 152 Å². The van der Waals surface area contributed by atoms with Gasteiger partial charge in [-0.1, -0.05) is 71.6 Å². The average molecular weight is 666 g/mol. The third-order valence-corrected chi connectivity index (χ3v) is 15.3. The quantitative estimate of drug-likeness (QED) is 0.190. The lowest BCUT2D eigenvalue weighted by Gasteiger charge is -2.72. The predicted octanol–water partition coefficient (Wildman–Crippen LogP) is 9.35. The summed E-state index contributed by atoms with van der Waals surface area (Å²) in [5.41, 5.74) is 10.4. The van der Waals surface area contributed by atoms with E-state index in [9.17, 15) is 14.7 Å². The van der Waals surface area contributed by atoms with Crippen molar-refractivity contribution in [2.45, 2.75) is 111 Å². The predicted molar refractivity (Wildman–Crippen MR) is 200 cm³/mol. The first-order chi connectivity index (χ1) is 23.0. The van der Waals surface area contributed by atoms with Crippen molar-refractivity contribution >= 4 is 23.7 Å². The number of benzene rings is 1. The number of fused-ring (bicyclic) bond motifs is 7. The second-order valence-corrected chi connectivity index (χ2v) is 17.7. The number of carboxylic acids is 1. The van der Waals surface area contributed by atoms with Gasteiger partial charge in [-0.15, -0.1) is 0 Å². The number of amides is 1. The summed E-state index contributed by atoms with van der Waals surface area (Å²) in [5.74, 6) is 1.63. The fourth-order valence-electron chi connectivity index (χ4n) is 13.0. The number of allylic oxidation sites excluding steroid dienone is 4. The van der Waals surface area contributed by atoms with Crippen LogP contribution >= 0.6 is 0 Å². The molecule has 5 aliphatic carbocycles. The molecule has 1 aromatic rings. The number of rotatable bonds is 8. The summed E-state index contributed by atoms with van der Waals surface area (Å²) in [6.45, 7) is 23.5. The molecule has 9 atom stereocenters. The van der Waals surface area contributed by atoms with Gasteiger partial charge in [0.15, 0.2) is 0 Å². The van der Waals surface area contributed by atoms with E-state index in [1.165, 1.54) is 43.0 Å². The van der Waals surface area contributed by atoms with Gasteiger partial charge in [-0.25, -0.2) is 4.79 Å². The number of nitrogens with zero attached hydrogens (tertiary/aromatic N) is 1. The van der Waals surface area contributed by atoms with Crippen LogP contribution in [0.3, 0.4) is 0 Å². The Morgan fingerprint density at radius 3 is 2.33 bits per heavy atom. The number of hydrogen-bond acceptors (Lipinski definition) is 4. The number of carbonyl (C=O) groups is 2. The van der Waals surface area contributed by atoms with E-state index in [1.807, 2.05) is 12.1 Å². The molecule has 0 aliphatic heterocycles. The standard InChI is InChI=1S/C43H59N3O3/c1-27(2)31-16-21-43(46-36(47)26-28(3)45-25-9-24-44)23-22-41(7)33(37(31)43)14-15-35-40(6)19-17-32(29-10-12-30(13-11-29)38(48)49)39(4,5)34(40)18-20-42(35,41)8/h9-13,17,24-25,31,33-35,37H,1,3,14-16,18-23,26,44H2,2,4-8H3,(H,46,47)(H,48,49)/b24-9-,45-25-/t31-,33+,34?,35?,37?,40-,41+,42+,43-/m0/s1. The molecule has 49 heavy (non-hydrogen) atoms. The normalized spacial score (nSPS) is 39.3. The van der Waals surface area contributed by atoms with E-state index in [-0.39, 0.29) is 39.5 Å². The Morgan fingerprint density at radius 2 is 1.67 bits per heavy atom. The molecule has 0 aromatic heterocycles. The largest absolute Gasteiger partial charge is 0.478 e. The number of aromatic carboxylic acids is 1. The lowest BCUT2D eigenvalue weighted by molar-refractivity contribution is -0.219. The zero-order valence-electron chi connectivity index (χ0n) is 30.8. The Bertz CT molecular complexity index is 1620. The van der Waals surface area contributed by atoms with Gasteiger partial charge in [-0.2, -0.15) is 0 Å². The first-order valence-electron chi connectivity index (χ1n) is 18.6. The van der Waals surface area contributed by atoms with Crippen molar-refractivity contribution in [2.24, 2.45) is 62.0 Å². The average Bonchev–Trinajstić information content (AvgIpc) is 3.41. The van der Waals surface area contributed by atoms with Crippen molar-refractivity contribution in [1.82, 2.24) is 5.32 Å². The summed E-state index contributed by atoms with van der Waals surface area (Å²) in [6.07, 6.45) is 17.5. The van der Waals surface area contributed by atoms with E-state index in [4.69, 9.17) is 5.73 Å². The minimum absolute atomic E-state index is 0.0199. The zero-order valence-corrected chi connectivity index (χ0v) is 30.8. The maximum Gasteiger partial charge on any atom is 0.335 e. The summed E-state index contributed by atoms with van der Waals surface area (Å²) < 4.78 is 0. The van der Waals surface area contributed by atoms with Crippen LogP contribution in [0.5, 0.6) is 0 Å². The van der Waals surface area contributed by atoms with Gasteiger partial charge < -0.3 is 16.2 Å². The van der Waals surface area contributed by atoms with Crippen molar-refractivity contribution < 1.29 is 14.7 Å². The molecule has 3 unspecified atom stereocenters. The summed E-state index contributed by atoms with van der Waals surface area (Å²) in [5, 5.41) is 13.1. The number of carboxylic acid groups (broad SMARTS) is 1. The van der Waals surface area contributed by atoms with Crippen LogP contribution in [-0.2, 0) is 4.79 Å². The maximum absolute atomic E-state index is 13.6. The van der Waals surface area contributed by atoms with Crippen molar-refractivity contribution in [2.75, 3.05) is 0 Å². The molecular formula is C43H59N3O3. The van der Waals surface area contributed by atoms with Crippen molar-refractivity contribution in [3.63, 3.8) is 0 Å². The molecule has 0 heterocycles. The first-order valence-corrected chi connectivity index (χ1v) is 18.6. The highest BCUT2D eigenvalue weighted by Gasteiger charge is 2.70. The SMILES string of the molecule is C=C(CC(=O)N[C@]12CC[C@@H](C(=C)C)C1[C@H]1CCC3[C@@]4(C)CC=C(c5ccc(C(=O)O)cc5)C(C)(C)C4CC[C@@]3(C)[C@]1(C)CC2)/N=C\C=C/N. The van der Waals surface area contributed by atoms with Gasteiger partial charge in [0.1, 0.15) is 0 Å². The van der Waals surface area contributed by atoms with E-state index < -0.39 is 5.97 Å². The van der Waals surface area contributed by atoms with Gasteiger partial charge >= 0.3 is 5.97 Å². The minimum atomic E-state index is -0.881. The Kier molecular flexibility index (Phi) is 8.98. The molecular weight excluding hydrogens is 606 g/mol. The number of aliphatic imine (C=N–C) groups is 1. The van der Waals surface area contributed by atoms with Crippen LogP contribution in [0.1, 0.15) is 122 Å². The van der Waals surface area contributed by atoms with Crippen molar-refractivity contribution in [1.29, 1.82) is 0 Å². The molecule has 1 amide bonds. The highest BCUT2D eigenvalue weighted by Crippen LogP contribution is 2.76. The van der Waals surface area contributed by atoms with Crippen LogP contribution < -0.4 is 11.1 Å². The summed E-state index contributed by atoms with van der Waals surface area (Å²) >= 11 is 0. The van der Waals surface area contributed by atoms with Crippen LogP contribution in [0.4, 0.5) is 0 Å². The number of nitrogens with two attached hydrogens (primary N) is 1. The van der Waals surface area contributed by atoms with E-state index >= 15 is 0 Å². The fourth-order valence-corrected chi connectivity index (χ4v) is 13.0. The van der Waals surface area contributed by atoms with Crippen LogP contribution in [0.25, 0.3) is 5.57 Å². The molecule has 6 heteroatoms. The Balaban J connectivity index is 1.30. The third-order valence-electron chi connectivity index (χ3n) is 15.3. The van der Waals surface area contributed by atoms with Crippen LogP contribution in [0, 0.1) is 51.2 Å². The first kappa shape index (κ1) is 35.4. The molecule has 4 N–H and O–H groups in total. The Hall–Kier alpha value is -3.41. The van der Waals surface area contributed by atoms with Crippen molar-refractivity contribution in [3.8, 4) is 0 Å². The molecule has 0 spiro atoms. The second-order valence-electron chi connectivity index (χ2n) is 17.7. The second kappa shape index (κ2) is 12.4. The van der Waals surface area contributed by atoms with Gasteiger partial charge in [0.2, 0.25) is 5.91 Å². The van der Waals surface area contributed by atoms with E-state index in [0.29, 0.717) is 40.9 Å². The Morgan fingerprint density at radius 1 is 0.959 bits per heavy atom. The van der Waals surface area contributed by atoms with E-state index in [2.05, 4.69) is 71.1 Å². The molecule has 0 radical (unpaired) electrons. The minimum Gasteiger partial charge on any atom is -0.478 e. The summed E-state index contributed by atoms with van der Waals surface area (Å²) in [7, 11) is 0. The fraction of sp³-hybridized carbons (Fsp3) is 0.605. The van der Waals surface area contributed by atoms with Gasteiger partial charge in [-0.3, -0.25) is 9.79 Å². The molecule has 0 saturated heterocycles. The van der Waals surface area contributed by atoms with Gasteiger partial charge in [0, 0.05) is 17.5 Å². The van der Waals surface area contributed by atoms with E-state index in [0.717, 1.165) is 37.7 Å². The molecule has 264 valence electrons. The summed E-state index contributed by atoms with van der Waals surface area (Å²) in [6, 6.07) is 7.52. The molecule has 4 fully saturated rings. The molecule has 1 aromatic carbocycles. The zero-order chi connectivity index (χ0) is 35.6. The maximum atomic E-state index is 13.6. The van der Waals surface area contributed by atoms with Crippen LogP contribution in [-0.4, -0.2) is 28.7 Å². The lowest BCUT2D eigenvalue weighted by Crippen LogP contribution is -2.68. The summed E-state index contributed by atoms with van der Waals surface area (Å²) in [4.78, 5) is 29.4. The van der Waals surface area contributed by atoms with Gasteiger partial charge in [0.05, 0.1) is 12.0 Å². The molecule has 6 nitrogen and oxygen atoms in total. The number of nitrogens with one attached hydrogen (secondary N) is 1. The monoisotopic (exact) mass is 665 g/mol. The van der Waals surface area contributed by atoms with Crippen LogP contribution in [0.2, 0.25) is 0 Å². The van der Waals surface area contributed by atoms with Crippen molar-refractivity contribution in [3.05, 3.63) is 78.2 Å². The van der Waals surface area contributed by atoms with E-state index in [1.54, 1.807) is 24.4 Å². The number of hydrogen-bond donors (Lipinski definition) is 3. The molecule has 5 aliphatic rings.